The number of rotatable bonds is 5. The van der Waals surface area contributed by atoms with Crippen LogP contribution >= 0.6 is 15.9 Å². The Kier molecular flexibility index (Phi) is 6.41. The van der Waals surface area contributed by atoms with Crippen LogP contribution in [-0.4, -0.2) is 61.6 Å². The largest absolute Gasteiger partial charge is 0.468 e. The summed E-state index contributed by atoms with van der Waals surface area (Å²) >= 11 is 3.38. The Labute approximate surface area is 166 Å². The van der Waals surface area contributed by atoms with Crippen LogP contribution in [0.1, 0.15) is 10.4 Å². The van der Waals surface area contributed by atoms with Gasteiger partial charge in [-0.25, -0.2) is 4.98 Å². The molecule has 0 aliphatic carbocycles. The molecule has 1 fully saturated rings. The number of piperazine rings is 1. The van der Waals surface area contributed by atoms with Crippen LogP contribution in [0, 0.1) is 0 Å². The average molecular weight is 433 g/mol. The number of nitrogens with zero attached hydrogens (tertiary/aromatic N) is 3. The van der Waals surface area contributed by atoms with Crippen molar-refractivity contribution in [2.24, 2.45) is 0 Å². The second-order valence-electron chi connectivity index (χ2n) is 6.17. The number of pyridine rings is 1. The van der Waals surface area contributed by atoms with Crippen molar-refractivity contribution in [1.29, 1.82) is 0 Å². The van der Waals surface area contributed by atoms with Crippen molar-refractivity contribution in [3.05, 3.63) is 52.6 Å². The third-order valence-electron chi connectivity index (χ3n) is 4.39. The van der Waals surface area contributed by atoms with Gasteiger partial charge in [-0.15, -0.1) is 0 Å². The summed E-state index contributed by atoms with van der Waals surface area (Å²) in [6.07, 6.45) is 1.69. The Balaban J connectivity index is 1.68. The fourth-order valence-electron chi connectivity index (χ4n) is 2.92. The normalized spacial score (nSPS) is 14.7. The van der Waals surface area contributed by atoms with E-state index >= 15 is 0 Å². The molecule has 1 amide bonds. The van der Waals surface area contributed by atoms with Gasteiger partial charge in [0.15, 0.2) is 0 Å². The van der Waals surface area contributed by atoms with Crippen LogP contribution in [-0.2, 0) is 9.53 Å². The van der Waals surface area contributed by atoms with Crippen molar-refractivity contribution in [2.75, 3.05) is 50.1 Å². The predicted molar refractivity (Wildman–Crippen MR) is 107 cm³/mol. The van der Waals surface area contributed by atoms with E-state index in [0.29, 0.717) is 37.6 Å². The molecule has 0 spiro atoms. The number of carbonyl (C=O) groups is 2. The van der Waals surface area contributed by atoms with Crippen LogP contribution in [0.2, 0.25) is 0 Å². The van der Waals surface area contributed by atoms with Gasteiger partial charge in [0, 0.05) is 42.5 Å². The maximum Gasteiger partial charge on any atom is 0.319 e. The van der Waals surface area contributed by atoms with Crippen LogP contribution in [0.5, 0.6) is 0 Å². The number of ether oxygens (including phenoxy) is 1. The molecule has 0 radical (unpaired) electrons. The first kappa shape index (κ1) is 19.3. The number of aromatic nitrogens is 1. The molecule has 1 aromatic heterocycles. The van der Waals surface area contributed by atoms with Gasteiger partial charge in [0.05, 0.1) is 19.2 Å². The summed E-state index contributed by atoms with van der Waals surface area (Å²) in [5.74, 6) is 0.220. The summed E-state index contributed by atoms with van der Waals surface area (Å²) in [4.78, 5) is 32.7. The number of amides is 1. The van der Waals surface area contributed by atoms with E-state index in [1.165, 1.54) is 7.11 Å². The highest BCUT2D eigenvalue weighted by atomic mass is 79.9. The molecule has 2 heterocycles. The first-order valence-corrected chi connectivity index (χ1v) is 9.42. The standard InChI is InChI=1S/C19H21BrN4O3/c1-27-17(25)13-23-9-11-24(12-10-23)18-16(3-2-8-21-18)19(26)22-15-6-4-14(20)5-7-15/h2-8H,9-13H2,1H3,(H,22,26). The van der Waals surface area contributed by atoms with Gasteiger partial charge in [-0.2, -0.15) is 0 Å². The van der Waals surface area contributed by atoms with Gasteiger partial charge in [0.1, 0.15) is 5.82 Å². The molecule has 7 nitrogen and oxygen atoms in total. The first-order chi connectivity index (χ1) is 13.1. The number of benzene rings is 1. The quantitative estimate of drug-likeness (QED) is 0.731. The van der Waals surface area contributed by atoms with E-state index in [1.807, 2.05) is 29.2 Å². The highest BCUT2D eigenvalue weighted by Gasteiger charge is 2.23. The monoisotopic (exact) mass is 432 g/mol. The average Bonchev–Trinajstić information content (AvgIpc) is 2.70. The summed E-state index contributed by atoms with van der Waals surface area (Å²) in [6, 6.07) is 11.0. The molecule has 0 unspecified atom stereocenters. The fourth-order valence-corrected chi connectivity index (χ4v) is 3.19. The minimum absolute atomic E-state index is 0.197. The summed E-state index contributed by atoms with van der Waals surface area (Å²) < 4.78 is 5.67. The van der Waals surface area contributed by atoms with Crippen LogP contribution in [0.15, 0.2) is 47.1 Å². The summed E-state index contributed by atoms with van der Waals surface area (Å²) in [5.41, 5.74) is 1.25. The molecule has 3 rings (SSSR count). The van der Waals surface area contributed by atoms with Crippen molar-refractivity contribution in [2.45, 2.75) is 0 Å². The van der Waals surface area contributed by atoms with Gasteiger partial charge in [-0.3, -0.25) is 14.5 Å². The van der Waals surface area contributed by atoms with E-state index in [2.05, 4.69) is 31.1 Å². The lowest BCUT2D eigenvalue weighted by Gasteiger charge is -2.35. The number of hydrogen-bond donors (Lipinski definition) is 1. The maximum atomic E-state index is 12.8. The first-order valence-electron chi connectivity index (χ1n) is 8.63. The topological polar surface area (TPSA) is 74.8 Å². The number of halogens is 1. The number of nitrogens with one attached hydrogen (secondary N) is 1. The van der Waals surface area contributed by atoms with Crippen LogP contribution in [0.3, 0.4) is 0 Å². The molecule has 1 saturated heterocycles. The van der Waals surface area contributed by atoms with Gasteiger partial charge in [0.25, 0.3) is 5.91 Å². The predicted octanol–water partition coefficient (Wildman–Crippen LogP) is 2.39. The van der Waals surface area contributed by atoms with Crippen LogP contribution in [0.4, 0.5) is 11.5 Å². The number of anilines is 2. The van der Waals surface area contributed by atoms with E-state index in [1.54, 1.807) is 18.3 Å². The Morgan fingerprint density at radius 1 is 1.15 bits per heavy atom. The minimum Gasteiger partial charge on any atom is -0.468 e. The van der Waals surface area contributed by atoms with Crippen LogP contribution < -0.4 is 10.2 Å². The smallest absolute Gasteiger partial charge is 0.319 e. The Bertz CT molecular complexity index is 805. The van der Waals surface area contributed by atoms with Crippen molar-refractivity contribution < 1.29 is 14.3 Å². The van der Waals surface area contributed by atoms with E-state index in [4.69, 9.17) is 4.74 Å². The van der Waals surface area contributed by atoms with Gasteiger partial charge >= 0.3 is 5.97 Å². The van der Waals surface area contributed by atoms with E-state index in [0.717, 1.165) is 10.2 Å². The summed E-state index contributed by atoms with van der Waals surface area (Å²) in [7, 11) is 1.39. The number of carbonyl (C=O) groups excluding carboxylic acids is 2. The molecule has 1 aliphatic rings. The Hall–Kier alpha value is -2.45. The minimum atomic E-state index is -0.240. The molecule has 142 valence electrons. The maximum absolute atomic E-state index is 12.8. The van der Waals surface area contributed by atoms with Crippen LogP contribution in [0.25, 0.3) is 0 Å². The molecule has 1 N–H and O–H groups in total. The molecule has 1 aliphatic heterocycles. The SMILES string of the molecule is COC(=O)CN1CCN(c2ncccc2C(=O)Nc2ccc(Br)cc2)CC1. The second kappa shape index (κ2) is 8.96. The zero-order chi connectivity index (χ0) is 19.2. The molecule has 0 atom stereocenters. The molecular weight excluding hydrogens is 412 g/mol. The summed E-state index contributed by atoms with van der Waals surface area (Å²) in [5, 5.41) is 2.91. The van der Waals surface area contributed by atoms with Gasteiger partial charge in [-0.05, 0) is 36.4 Å². The molecule has 2 aromatic rings. The summed E-state index contributed by atoms with van der Waals surface area (Å²) in [6.45, 7) is 3.07. The molecular formula is C19H21BrN4O3. The third kappa shape index (κ3) is 5.05. The highest BCUT2D eigenvalue weighted by molar-refractivity contribution is 9.10. The fraction of sp³-hybridized carbons (Fsp3) is 0.316. The number of esters is 1. The molecule has 0 bridgehead atoms. The van der Waals surface area contributed by atoms with Crippen molar-refractivity contribution >= 4 is 39.3 Å². The molecule has 27 heavy (non-hydrogen) atoms. The van der Waals surface area contributed by atoms with Gasteiger partial charge in [-0.1, -0.05) is 15.9 Å². The molecule has 8 heteroatoms. The lowest BCUT2D eigenvalue weighted by Crippen LogP contribution is -2.48. The lowest BCUT2D eigenvalue weighted by atomic mass is 10.2. The van der Waals surface area contributed by atoms with Gasteiger partial charge < -0.3 is 15.0 Å². The highest BCUT2D eigenvalue weighted by Crippen LogP contribution is 2.21. The van der Waals surface area contributed by atoms with Crippen molar-refractivity contribution in [3.63, 3.8) is 0 Å². The third-order valence-corrected chi connectivity index (χ3v) is 4.91. The van der Waals surface area contributed by atoms with Gasteiger partial charge in [0.2, 0.25) is 0 Å². The number of hydrogen-bond acceptors (Lipinski definition) is 6. The second-order valence-corrected chi connectivity index (χ2v) is 7.09. The zero-order valence-electron chi connectivity index (χ0n) is 15.0. The zero-order valence-corrected chi connectivity index (χ0v) is 16.6. The van der Waals surface area contributed by atoms with E-state index < -0.39 is 0 Å². The van der Waals surface area contributed by atoms with Crippen molar-refractivity contribution in [1.82, 2.24) is 9.88 Å². The Morgan fingerprint density at radius 3 is 2.52 bits per heavy atom. The van der Waals surface area contributed by atoms with E-state index in [-0.39, 0.29) is 18.4 Å². The molecule has 1 aromatic carbocycles. The van der Waals surface area contributed by atoms with E-state index in [9.17, 15) is 9.59 Å². The molecule has 0 saturated carbocycles. The lowest BCUT2D eigenvalue weighted by molar-refractivity contribution is -0.142. The van der Waals surface area contributed by atoms with Crippen molar-refractivity contribution in [3.8, 4) is 0 Å². The Morgan fingerprint density at radius 2 is 1.85 bits per heavy atom. The number of methoxy groups -OCH3 is 1.